The van der Waals surface area contributed by atoms with Crippen molar-refractivity contribution in [2.24, 2.45) is 0 Å². The third kappa shape index (κ3) is 4.24. The van der Waals surface area contributed by atoms with Gasteiger partial charge in [0.1, 0.15) is 17.5 Å². The number of rotatable bonds is 4. The number of aryl methyl sites for hydroxylation is 1. The van der Waals surface area contributed by atoms with E-state index in [1.54, 1.807) is 20.0 Å². The molecule has 4 rings (SSSR count). The van der Waals surface area contributed by atoms with Crippen molar-refractivity contribution in [1.29, 1.82) is 0 Å². The van der Waals surface area contributed by atoms with Gasteiger partial charge in [-0.3, -0.25) is 4.79 Å². The highest BCUT2D eigenvalue weighted by Gasteiger charge is 2.35. The smallest absolute Gasteiger partial charge is 0.378 e. The van der Waals surface area contributed by atoms with Crippen LogP contribution in [0.4, 0.5) is 23.4 Å². The minimum atomic E-state index is -4.80. The Bertz CT molecular complexity index is 1210. The molecule has 1 atom stereocenters. The van der Waals surface area contributed by atoms with E-state index in [1.165, 1.54) is 22.9 Å². The Balaban J connectivity index is 1.75. The van der Waals surface area contributed by atoms with Gasteiger partial charge in [0, 0.05) is 17.8 Å². The first-order valence-corrected chi connectivity index (χ1v) is 10.0. The zero-order chi connectivity index (χ0) is 23.0. The molecule has 11 heteroatoms. The standard InChI is InChI=1S/C21H21F4N5O2/c1-12(14-4-3-5-16(19(14)22)21(23,24)25)26-20-15-11-30(29-6-8-32-9-7-29)18(31)10-17(15)27-13(2)28-20/h3-5,10-12H,6-9H2,1-2H3,(H,26,27,28)/t12-/m1/s1. The lowest BCUT2D eigenvalue weighted by Crippen LogP contribution is -2.48. The molecule has 1 aliphatic heterocycles. The average Bonchev–Trinajstić information content (AvgIpc) is 2.73. The Morgan fingerprint density at radius 3 is 2.59 bits per heavy atom. The first kappa shape index (κ1) is 22.0. The van der Waals surface area contributed by atoms with Gasteiger partial charge in [0.2, 0.25) is 0 Å². The van der Waals surface area contributed by atoms with Crippen LogP contribution in [0.2, 0.25) is 0 Å². The van der Waals surface area contributed by atoms with E-state index in [0.717, 1.165) is 0 Å². The third-order valence-electron chi connectivity index (χ3n) is 5.27. The molecular formula is C21H21F4N5O2. The second-order valence-electron chi connectivity index (χ2n) is 7.51. The molecule has 0 bridgehead atoms. The van der Waals surface area contributed by atoms with E-state index < -0.39 is 23.6 Å². The average molecular weight is 451 g/mol. The van der Waals surface area contributed by atoms with Crippen molar-refractivity contribution in [2.45, 2.75) is 26.1 Å². The van der Waals surface area contributed by atoms with E-state index in [-0.39, 0.29) is 11.1 Å². The number of hydrogen-bond acceptors (Lipinski definition) is 6. The van der Waals surface area contributed by atoms with Crippen LogP contribution in [0, 0.1) is 12.7 Å². The molecule has 32 heavy (non-hydrogen) atoms. The monoisotopic (exact) mass is 451 g/mol. The predicted molar refractivity (Wildman–Crippen MR) is 111 cm³/mol. The molecule has 0 unspecified atom stereocenters. The van der Waals surface area contributed by atoms with Crippen molar-refractivity contribution in [3.05, 3.63) is 63.6 Å². The van der Waals surface area contributed by atoms with Gasteiger partial charge in [-0.25, -0.2) is 19.0 Å². The summed E-state index contributed by atoms with van der Waals surface area (Å²) in [6.45, 7) is 5.17. The highest BCUT2D eigenvalue weighted by Crippen LogP contribution is 2.34. The lowest BCUT2D eigenvalue weighted by atomic mass is 10.0. The molecule has 1 fully saturated rings. The first-order valence-electron chi connectivity index (χ1n) is 10.0. The number of anilines is 1. The normalized spacial score (nSPS) is 15.8. The van der Waals surface area contributed by atoms with Crippen LogP contribution in [0.15, 0.2) is 35.3 Å². The van der Waals surface area contributed by atoms with Crippen molar-refractivity contribution in [1.82, 2.24) is 14.6 Å². The molecule has 7 nitrogen and oxygen atoms in total. The van der Waals surface area contributed by atoms with Crippen LogP contribution in [-0.2, 0) is 10.9 Å². The van der Waals surface area contributed by atoms with Gasteiger partial charge in [0.15, 0.2) is 0 Å². The number of ether oxygens (including phenoxy) is 1. The molecule has 2 aromatic heterocycles. The minimum Gasteiger partial charge on any atom is -0.378 e. The zero-order valence-corrected chi connectivity index (χ0v) is 17.4. The summed E-state index contributed by atoms with van der Waals surface area (Å²) in [7, 11) is 0. The van der Waals surface area contributed by atoms with Crippen LogP contribution in [0.1, 0.15) is 29.9 Å². The Morgan fingerprint density at radius 1 is 1.19 bits per heavy atom. The molecule has 0 spiro atoms. The summed E-state index contributed by atoms with van der Waals surface area (Å²) in [6, 6.07) is 3.70. The molecule has 0 saturated carbocycles. The maximum absolute atomic E-state index is 14.6. The van der Waals surface area contributed by atoms with Crippen LogP contribution >= 0.6 is 0 Å². The van der Waals surface area contributed by atoms with Crippen LogP contribution < -0.4 is 15.9 Å². The quantitative estimate of drug-likeness (QED) is 0.613. The lowest BCUT2D eigenvalue weighted by Gasteiger charge is -2.30. The maximum atomic E-state index is 14.6. The number of pyridine rings is 1. The van der Waals surface area contributed by atoms with E-state index in [0.29, 0.717) is 54.9 Å². The summed E-state index contributed by atoms with van der Waals surface area (Å²) in [5, 5.41) is 5.31. The van der Waals surface area contributed by atoms with Crippen LogP contribution in [0.3, 0.4) is 0 Å². The topological polar surface area (TPSA) is 72.3 Å². The second-order valence-corrected chi connectivity index (χ2v) is 7.51. The van der Waals surface area contributed by atoms with Crippen LogP contribution in [0.25, 0.3) is 10.9 Å². The summed E-state index contributed by atoms with van der Waals surface area (Å²) in [6.07, 6.45) is -3.22. The molecule has 170 valence electrons. The Morgan fingerprint density at radius 2 is 1.91 bits per heavy atom. The van der Waals surface area contributed by atoms with Crippen LogP contribution in [-0.4, -0.2) is 40.9 Å². The van der Waals surface area contributed by atoms with Gasteiger partial charge < -0.3 is 15.1 Å². The highest BCUT2D eigenvalue weighted by molar-refractivity contribution is 5.88. The molecule has 1 aromatic carbocycles. The predicted octanol–water partition coefficient (Wildman–Crippen LogP) is 3.40. The second kappa shape index (κ2) is 8.38. The summed E-state index contributed by atoms with van der Waals surface area (Å²) < 4.78 is 60.7. The molecule has 3 aromatic rings. The van der Waals surface area contributed by atoms with Gasteiger partial charge in [0.05, 0.1) is 48.8 Å². The van der Waals surface area contributed by atoms with Crippen LogP contribution in [0.5, 0.6) is 0 Å². The number of nitrogens with one attached hydrogen (secondary N) is 1. The summed E-state index contributed by atoms with van der Waals surface area (Å²) >= 11 is 0. The molecular weight excluding hydrogens is 430 g/mol. The molecule has 3 heterocycles. The van der Waals surface area contributed by atoms with E-state index in [1.807, 2.05) is 5.01 Å². The number of nitrogens with zero attached hydrogens (tertiary/aromatic N) is 4. The number of alkyl halides is 3. The Hall–Kier alpha value is -3.21. The Labute approximate surface area is 180 Å². The molecule has 0 amide bonds. The fourth-order valence-corrected chi connectivity index (χ4v) is 3.70. The van der Waals surface area contributed by atoms with Gasteiger partial charge in [-0.05, 0) is 19.9 Å². The number of fused-ring (bicyclic) bond motifs is 1. The Kier molecular flexibility index (Phi) is 5.76. The van der Waals surface area contributed by atoms with Crippen molar-refractivity contribution in [3.8, 4) is 0 Å². The maximum Gasteiger partial charge on any atom is 0.419 e. The number of morpholine rings is 1. The largest absolute Gasteiger partial charge is 0.419 e. The number of benzene rings is 1. The van der Waals surface area contributed by atoms with E-state index >= 15 is 0 Å². The first-order chi connectivity index (χ1) is 15.1. The minimum absolute atomic E-state index is 0.147. The lowest BCUT2D eigenvalue weighted by molar-refractivity contribution is -0.140. The van der Waals surface area contributed by atoms with Crippen molar-refractivity contribution < 1.29 is 22.3 Å². The summed E-state index contributed by atoms with van der Waals surface area (Å²) in [4.78, 5) is 21.3. The van der Waals surface area contributed by atoms with Gasteiger partial charge >= 0.3 is 6.18 Å². The molecule has 0 radical (unpaired) electrons. The molecule has 0 aliphatic carbocycles. The van der Waals surface area contributed by atoms with Crippen molar-refractivity contribution in [3.63, 3.8) is 0 Å². The fraction of sp³-hybridized carbons (Fsp3) is 0.381. The third-order valence-corrected chi connectivity index (χ3v) is 5.27. The fourth-order valence-electron chi connectivity index (χ4n) is 3.70. The van der Waals surface area contributed by atoms with E-state index in [9.17, 15) is 22.4 Å². The van der Waals surface area contributed by atoms with Crippen molar-refractivity contribution in [2.75, 3.05) is 36.6 Å². The number of aromatic nitrogens is 3. The van der Waals surface area contributed by atoms with Gasteiger partial charge in [-0.15, -0.1) is 0 Å². The number of hydrogen-bond donors (Lipinski definition) is 1. The van der Waals surface area contributed by atoms with E-state index in [4.69, 9.17) is 4.74 Å². The number of halogens is 4. The SMILES string of the molecule is Cc1nc(N[C@H](C)c2cccc(C(F)(F)F)c2F)c2cn(N3CCOCC3)c(=O)cc2n1. The molecule has 1 N–H and O–H groups in total. The van der Waals surface area contributed by atoms with Crippen molar-refractivity contribution >= 4 is 16.7 Å². The summed E-state index contributed by atoms with van der Waals surface area (Å²) in [5.41, 5.74) is -1.37. The molecule has 1 saturated heterocycles. The highest BCUT2D eigenvalue weighted by atomic mass is 19.4. The molecule has 1 aliphatic rings. The van der Waals surface area contributed by atoms with Gasteiger partial charge in [0.25, 0.3) is 5.56 Å². The van der Waals surface area contributed by atoms with E-state index in [2.05, 4.69) is 15.3 Å². The zero-order valence-electron chi connectivity index (χ0n) is 17.4. The summed E-state index contributed by atoms with van der Waals surface area (Å²) in [5.74, 6) is -0.681. The van der Waals surface area contributed by atoms with Gasteiger partial charge in [-0.2, -0.15) is 13.2 Å². The van der Waals surface area contributed by atoms with Gasteiger partial charge in [-0.1, -0.05) is 12.1 Å².